The monoisotopic (exact) mass is 194 g/mol. The molecule has 0 aliphatic rings. The van der Waals surface area contributed by atoms with E-state index in [-0.39, 0.29) is 0 Å². The normalized spacial score (nSPS) is 9.50. The van der Waals surface area contributed by atoms with Crippen LogP contribution in [0, 0.1) is 0 Å². The molecular weight excluding hydrogens is 180 g/mol. The third kappa shape index (κ3) is 3.47. The molecule has 14 heavy (non-hydrogen) atoms. The van der Waals surface area contributed by atoms with E-state index < -0.39 is 0 Å². The van der Waals surface area contributed by atoms with E-state index in [4.69, 9.17) is 4.74 Å². The van der Waals surface area contributed by atoms with Gasteiger partial charge < -0.3 is 9.47 Å². The van der Waals surface area contributed by atoms with Gasteiger partial charge in [0.15, 0.2) is 0 Å². The Bertz CT molecular complexity index is 266. The highest BCUT2D eigenvalue weighted by Gasteiger charge is 1.94. The average molecular weight is 194 g/mol. The first-order valence-corrected chi connectivity index (χ1v) is 4.70. The van der Waals surface area contributed by atoms with E-state index in [2.05, 4.69) is 11.7 Å². The van der Waals surface area contributed by atoms with Gasteiger partial charge in [0, 0.05) is 0 Å². The third-order valence-electron chi connectivity index (χ3n) is 1.77. The molecule has 0 aliphatic carbocycles. The molecule has 0 saturated carbocycles. The summed E-state index contributed by atoms with van der Waals surface area (Å²) in [7, 11) is 0. The number of carbonyl (C=O) groups is 1. The minimum Gasteiger partial charge on any atom is -0.494 e. The molecule has 0 heterocycles. The lowest BCUT2D eigenvalue weighted by Crippen LogP contribution is -1.96. The molecule has 0 unspecified atom stereocenters. The van der Waals surface area contributed by atoms with E-state index in [1.165, 1.54) is 0 Å². The predicted molar refractivity (Wildman–Crippen MR) is 53.5 cm³/mol. The molecule has 0 N–H and O–H groups in total. The molecule has 3 heteroatoms. The highest BCUT2D eigenvalue weighted by molar-refractivity contribution is 5.45. The van der Waals surface area contributed by atoms with Crippen molar-refractivity contribution in [3.63, 3.8) is 0 Å². The van der Waals surface area contributed by atoms with Crippen LogP contribution >= 0.6 is 0 Å². The van der Waals surface area contributed by atoms with Gasteiger partial charge in [0.25, 0.3) is 6.47 Å². The molecule has 0 radical (unpaired) electrons. The Kier molecular flexibility index (Phi) is 4.55. The van der Waals surface area contributed by atoms with Crippen molar-refractivity contribution in [3.05, 3.63) is 24.3 Å². The van der Waals surface area contributed by atoms with Crippen LogP contribution in [0.15, 0.2) is 24.3 Å². The summed E-state index contributed by atoms with van der Waals surface area (Å²) < 4.78 is 10.1. The Balaban J connectivity index is 2.42. The molecule has 1 rings (SSSR count). The van der Waals surface area contributed by atoms with Crippen LogP contribution < -0.4 is 9.47 Å². The van der Waals surface area contributed by atoms with E-state index in [9.17, 15) is 4.79 Å². The maximum absolute atomic E-state index is 10.0. The van der Waals surface area contributed by atoms with Crippen molar-refractivity contribution in [3.8, 4) is 11.5 Å². The molecular formula is C11H14O3. The van der Waals surface area contributed by atoms with Gasteiger partial charge in [-0.3, -0.25) is 4.79 Å². The molecule has 1 aromatic carbocycles. The van der Waals surface area contributed by atoms with E-state index >= 15 is 0 Å². The molecule has 0 fully saturated rings. The minimum atomic E-state index is 0.410. The van der Waals surface area contributed by atoms with Gasteiger partial charge in [-0.2, -0.15) is 0 Å². The molecule has 1 aromatic rings. The molecule has 0 atom stereocenters. The van der Waals surface area contributed by atoms with E-state index in [0.717, 1.165) is 25.2 Å². The quantitative estimate of drug-likeness (QED) is 0.515. The van der Waals surface area contributed by atoms with Gasteiger partial charge in [0.1, 0.15) is 11.5 Å². The first-order chi connectivity index (χ1) is 6.86. The molecule has 0 aromatic heterocycles. The number of hydrogen-bond donors (Lipinski definition) is 0. The summed E-state index contributed by atoms with van der Waals surface area (Å²) in [4.78, 5) is 10.0. The number of ether oxygens (including phenoxy) is 2. The Morgan fingerprint density at radius 1 is 1.21 bits per heavy atom. The third-order valence-corrected chi connectivity index (χ3v) is 1.77. The van der Waals surface area contributed by atoms with Crippen LogP contribution in [-0.4, -0.2) is 13.1 Å². The Morgan fingerprint density at radius 3 is 2.43 bits per heavy atom. The second-order valence-electron chi connectivity index (χ2n) is 2.89. The SMILES string of the molecule is CCCCOc1ccc(OC=O)cc1. The first kappa shape index (κ1) is 10.6. The maximum atomic E-state index is 10.0. The van der Waals surface area contributed by atoms with Gasteiger partial charge in [-0.15, -0.1) is 0 Å². The van der Waals surface area contributed by atoms with Crippen molar-refractivity contribution in [2.45, 2.75) is 19.8 Å². The van der Waals surface area contributed by atoms with Crippen molar-refractivity contribution in [1.82, 2.24) is 0 Å². The van der Waals surface area contributed by atoms with Gasteiger partial charge in [0.2, 0.25) is 0 Å². The summed E-state index contributed by atoms with van der Waals surface area (Å²) in [6.45, 7) is 3.25. The topological polar surface area (TPSA) is 35.5 Å². The molecule has 0 spiro atoms. The number of rotatable bonds is 6. The van der Waals surface area contributed by atoms with Crippen molar-refractivity contribution >= 4 is 6.47 Å². The van der Waals surface area contributed by atoms with E-state index in [0.29, 0.717) is 12.2 Å². The average Bonchev–Trinajstić information content (AvgIpc) is 2.21. The van der Waals surface area contributed by atoms with Crippen LogP contribution in [0.25, 0.3) is 0 Å². The molecule has 0 saturated heterocycles. The summed E-state index contributed by atoms with van der Waals surface area (Å²) >= 11 is 0. The van der Waals surface area contributed by atoms with Crippen LogP contribution in [-0.2, 0) is 4.79 Å². The summed E-state index contributed by atoms with van der Waals surface area (Å²) in [6.07, 6.45) is 2.17. The van der Waals surface area contributed by atoms with Crippen LogP contribution in [0.4, 0.5) is 0 Å². The standard InChI is InChI=1S/C11H14O3/c1-2-3-8-13-10-4-6-11(7-5-10)14-9-12/h4-7,9H,2-3,8H2,1H3. The molecule has 0 amide bonds. The lowest BCUT2D eigenvalue weighted by Gasteiger charge is -2.05. The fourth-order valence-electron chi connectivity index (χ4n) is 1.00. The van der Waals surface area contributed by atoms with Gasteiger partial charge in [-0.25, -0.2) is 0 Å². The van der Waals surface area contributed by atoms with Crippen LogP contribution in [0.2, 0.25) is 0 Å². The number of benzene rings is 1. The number of hydrogen-bond acceptors (Lipinski definition) is 3. The van der Waals surface area contributed by atoms with Crippen molar-refractivity contribution in [2.75, 3.05) is 6.61 Å². The lowest BCUT2D eigenvalue weighted by atomic mass is 10.3. The lowest BCUT2D eigenvalue weighted by molar-refractivity contribution is -0.120. The zero-order chi connectivity index (χ0) is 10.2. The Morgan fingerprint density at radius 2 is 1.86 bits per heavy atom. The second-order valence-corrected chi connectivity index (χ2v) is 2.89. The first-order valence-electron chi connectivity index (χ1n) is 4.70. The fraction of sp³-hybridized carbons (Fsp3) is 0.364. The Labute approximate surface area is 83.6 Å². The van der Waals surface area contributed by atoms with E-state index in [1.54, 1.807) is 24.3 Å². The summed E-state index contributed by atoms with van der Waals surface area (Å²) in [5, 5.41) is 0. The highest BCUT2D eigenvalue weighted by atomic mass is 16.5. The highest BCUT2D eigenvalue weighted by Crippen LogP contribution is 2.17. The predicted octanol–water partition coefficient (Wildman–Crippen LogP) is 2.40. The number of carbonyl (C=O) groups excluding carboxylic acids is 1. The van der Waals surface area contributed by atoms with Crippen LogP contribution in [0.1, 0.15) is 19.8 Å². The molecule has 0 aliphatic heterocycles. The Hall–Kier alpha value is -1.51. The van der Waals surface area contributed by atoms with Crippen molar-refractivity contribution < 1.29 is 14.3 Å². The molecule has 0 bridgehead atoms. The summed E-state index contributed by atoms with van der Waals surface area (Å²) in [5.74, 6) is 1.33. The zero-order valence-corrected chi connectivity index (χ0v) is 8.23. The number of unbranched alkanes of at least 4 members (excludes halogenated alkanes) is 1. The van der Waals surface area contributed by atoms with Gasteiger partial charge in [0.05, 0.1) is 6.61 Å². The second kappa shape index (κ2) is 6.02. The summed E-state index contributed by atoms with van der Waals surface area (Å²) in [6, 6.07) is 6.98. The van der Waals surface area contributed by atoms with Crippen LogP contribution in [0.3, 0.4) is 0 Å². The van der Waals surface area contributed by atoms with Gasteiger partial charge >= 0.3 is 0 Å². The van der Waals surface area contributed by atoms with Gasteiger partial charge in [-0.05, 0) is 30.7 Å². The molecule has 76 valence electrons. The zero-order valence-electron chi connectivity index (χ0n) is 8.23. The van der Waals surface area contributed by atoms with E-state index in [1.807, 2.05) is 0 Å². The largest absolute Gasteiger partial charge is 0.494 e. The van der Waals surface area contributed by atoms with Crippen molar-refractivity contribution in [2.24, 2.45) is 0 Å². The van der Waals surface area contributed by atoms with Crippen molar-refractivity contribution in [1.29, 1.82) is 0 Å². The minimum absolute atomic E-state index is 0.410. The smallest absolute Gasteiger partial charge is 0.298 e. The maximum Gasteiger partial charge on any atom is 0.298 e. The molecule has 3 nitrogen and oxygen atoms in total. The fourth-order valence-corrected chi connectivity index (χ4v) is 1.00. The summed E-state index contributed by atoms with van der Waals surface area (Å²) in [5.41, 5.74) is 0. The van der Waals surface area contributed by atoms with Crippen LogP contribution in [0.5, 0.6) is 11.5 Å². The van der Waals surface area contributed by atoms with Gasteiger partial charge in [-0.1, -0.05) is 13.3 Å².